The van der Waals surface area contributed by atoms with Crippen LogP contribution in [0.15, 0.2) is 70.6 Å². The second-order valence-corrected chi connectivity index (χ2v) is 9.31. The maximum absolute atomic E-state index is 13.7. The zero-order valence-electron chi connectivity index (χ0n) is 19.9. The summed E-state index contributed by atoms with van der Waals surface area (Å²) in [7, 11) is 0. The Morgan fingerprint density at radius 2 is 1.71 bits per heavy atom. The van der Waals surface area contributed by atoms with Crippen molar-refractivity contribution in [2.24, 2.45) is 4.99 Å². The number of halogens is 1. The first kappa shape index (κ1) is 24.9. The van der Waals surface area contributed by atoms with Gasteiger partial charge in [0.15, 0.2) is 16.7 Å². The molecule has 4 rings (SSSR count). The Labute approximate surface area is 215 Å². The molecule has 35 heavy (non-hydrogen) atoms. The molecule has 0 atom stereocenters. The van der Waals surface area contributed by atoms with E-state index in [0.717, 1.165) is 35.3 Å². The van der Waals surface area contributed by atoms with E-state index in [1.54, 1.807) is 23.1 Å². The molecule has 1 heterocycles. The number of carbonyl (C=O) groups excluding carboxylic acids is 1. The third-order valence-electron chi connectivity index (χ3n) is 5.66. The molecule has 1 saturated heterocycles. The van der Waals surface area contributed by atoms with E-state index in [-0.39, 0.29) is 22.4 Å². The van der Waals surface area contributed by atoms with Crippen molar-refractivity contribution in [3.63, 3.8) is 0 Å². The van der Waals surface area contributed by atoms with Crippen molar-refractivity contribution in [3.05, 3.63) is 87.3 Å². The third kappa shape index (κ3) is 5.24. The number of hydrogen-bond acceptors (Lipinski definition) is 5. The average Bonchev–Trinajstić information content (AvgIpc) is 3.16. The summed E-state index contributed by atoms with van der Waals surface area (Å²) in [4.78, 5) is 20.9. The first-order valence-electron chi connectivity index (χ1n) is 11.6. The van der Waals surface area contributed by atoms with Gasteiger partial charge in [-0.25, -0.2) is 4.99 Å². The van der Waals surface area contributed by atoms with Gasteiger partial charge in [-0.2, -0.15) is 0 Å². The molecule has 0 spiro atoms. The number of ether oxygens (including phenoxy) is 1. The number of benzene rings is 3. The Morgan fingerprint density at radius 1 is 1.03 bits per heavy atom. The average molecular weight is 507 g/mol. The summed E-state index contributed by atoms with van der Waals surface area (Å²) in [5.74, 6) is 0.00465. The number of para-hydroxylation sites is 2. The van der Waals surface area contributed by atoms with Crippen LogP contribution in [0.4, 0.5) is 11.4 Å². The zero-order valence-corrected chi connectivity index (χ0v) is 21.5. The Morgan fingerprint density at radius 3 is 2.43 bits per heavy atom. The molecule has 1 N–H and O–H groups in total. The molecule has 1 aliphatic rings. The lowest BCUT2D eigenvalue weighted by atomic mass is 10.1. The van der Waals surface area contributed by atoms with Crippen LogP contribution in [-0.4, -0.2) is 22.8 Å². The van der Waals surface area contributed by atoms with E-state index in [1.807, 2.05) is 49.4 Å². The lowest BCUT2D eigenvalue weighted by Gasteiger charge is -2.19. The van der Waals surface area contributed by atoms with Gasteiger partial charge in [0.25, 0.3) is 5.91 Å². The molecule has 0 saturated carbocycles. The molecule has 1 amide bonds. The van der Waals surface area contributed by atoms with Gasteiger partial charge in [-0.1, -0.05) is 61.8 Å². The first-order chi connectivity index (χ1) is 17.0. The highest BCUT2D eigenvalue weighted by Crippen LogP contribution is 2.41. The quantitative estimate of drug-likeness (QED) is 0.339. The van der Waals surface area contributed by atoms with Crippen molar-refractivity contribution in [1.29, 1.82) is 0 Å². The number of carbonyl (C=O) groups is 1. The number of aryl methyl sites for hydroxylation is 2. The maximum atomic E-state index is 13.7. The van der Waals surface area contributed by atoms with E-state index >= 15 is 0 Å². The van der Waals surface area contributed by atoms with Crippen molar-refractivity contribution in [2.75, 3.05) is 11.5 Å². The molecule has 3 aromatic rings. The SMILES string of the molecule is CCOc1cc(/C=C2/SC(=Nc3ccccc3CC)N(c3ccccc3CC)C2=O)cc(Cl)c1O. The number of phenols is 1. The molecule has 0 radical (unpaired) electrons. The molecule has 0 bridgehead atoms. The highest BCUT2D eigenvalue weighted by Gasteiger charge is 2.36. The second-order valence-electron chi connectivity index (χ2n) is 7.89. The minimum Gasteiger partial charge on any atom is -0.503 e. The van der Waals surface area contributed by atoms with Crippen LogP contribution < -0.4 is 9.64 Å². The Bertz CT molecular complexity index is 1320. The van der Waals surface area contributed by atoms with Crippen LogP contribution >= 0.6 is 23.4 Å². The summed E-state index contributed by atoms with van der Waals surface area (Å²) in [6.45, 7) is 6.37. The number of aliphatic imine (C=N–C) groups is 1. The highest BCUT2D eigenvalue weighted by atomic mass is 35.5. The predicted molar refractivity (Wildman–Crippen MR) is 146 cm³/mol. The van der Waals surface area contributed by atoms with Gasteiger partial charge in [0.05, 0.1) is 27.9 Å². The van der Waals surface area contributed by atoms with Crippen molar-refractivity contribution in [2.45, 2.75) is 33.6 Å². The molecule has 5 nitrogen and oxygen atoms in total. The number of hydrogen-bond donors (Lipinski definition) is 1. The minimum absolute atomic E-state index is 0.113. The number of nitrogens with zero attached hydrogens (tertiary/aromatic N) is 2. The number of aromatic hydroxyl groups is 1. The Hall–Kier alpha value is -3.22. The van der Waals surface area contributed by atoms with Gasteiger partial charge in [0, 0.05) is 0 Å². The maximum Gasteiger partial charge on any atom is 0.271 e. The Kier molecular flexibility index (Phi) is 7.83. The monoisotopic (exact) mass is 506 g/mol. The number of amides is 1. The third-order valence-corrected chi connectivity index (χ3v) is 6.91. The van der Waals surface area contributed by atoms with Crippen LogP contribution in [0, 0.1) is 0 Å². The molecule has 180 valence electrons. The van der Waals surface area contributed by atoms with Crippen LogP contribution in [0.3, 0.4) is 0 Å². The first-order valence-corrected chi connectivity index (χ1v) is 12.8. The summed E-state index contributed by atoms with van der Waals surface area (Å²) in [6, 6.07) is 19.1. The van der Waals surface area contributed by atoms with Gasteiger partial charge in [-0.3, -0.25) is 9.69 Å². The van der Waals surface area contributed by atoms with Crippen LogP contribution in [0.5, 0.6) is 11.5 Å². The van der Waals surface area contributed by atoms with Crippen molar-refractivity contribution in [1.82, 2.24) is 0 Å². The molecule has 3 aromatic carbocycles. The predicted octanol–water partition coefficient (Wildman–Crippen LogP) is 7.38. The van der Waals surface area contributed by atoms with E-state index in [2.05, 4.69) is 19.9 Å². The van der Waals surface area contributed by atoms with Gasteiger partial charge in [-0.15, -0.1) is 0 Å². The molecular weight excluding hydrogens is 480 g/mol. The van der Waals surface area contributed by atoms with E-state index < -0.39 is 0 Å². The van der Waals surface area contributed by atoms with E-state index in [4.69, 9.17) is 21.3 Å². The molecule has 1 aliphatic heterocycles. The van der Waals surface area contributed by atoms with Crippen LogP contribution in [0.2, 0.25) is 5.02 Å². The van der Waals surface area contributed by atoms with Crippen LogP contribution in [0.1, 0.15) is 37.5 Å². The van der Waals surface area contributed by atoms with Gasteiger partial charge < -0.3 is 9.84 Å². The second kappa shape index (κ2) is 11.0. The van der Waals surface area contributed by atoms with Crippen molar-refractivity contribution in [3.8, 4) is 11.5 Å². The number of anilines is 1. The fourth-order valence-electron chi connectivity index (χ4n) is 3.91. The molecule has 0 aliphatic carbocycles. The molecule has 7 heteroatoms. The van der Waals surface area contributed by atoms with Crippen molar-refractivity contribution < 1.29 is 14.6 Å². The number of amidine groups is 1. The topological polar surface area (TPSA) is 62.1 Å². The summed E-state index contributed by atoms with van der Waals surface area (Å²) in [5, 5.41) is 11.0. The van der Waals surface area contributed by atoms with Gasteiger partial charge >= 0.3 is 0 Å². The van der Waals surface area contributed by atoms with E-state index in [0.29, 0.717) is 22.2 Å². The van der Waals surface area contributed by atoms with E-state index in [9.17, 15) is 9.90 Å². The van der Waals surface area contributed by atoms with Gasteiger partial charge in [-0.05, 0) is 78.6 Å². The highest BCUT2D eigenvalue weighted by molar-refractivity contribution is 8.19. The lowest BCUT2D eigenvalue weighted by molar-refractivity contribution is -0.113. The fraction of sp³-hybridized carbons (Fsp3) is 0.214. The van der Waals surface area contributed by atoms with E-state index in [1.165, 1.54) is 11.8 Å². The number of thioether (sulfide) groups is 1. The van der Waals surface area contributed by atoms with Gasteiger partial charge in [0.2, 0.25) is 0 Å². The number of rotatable bonds is 7. The van der Waals surface area contributed by atoms with Crippen molar-refractivity contribution >= 4 is 51.9 Å². The lowest BCUT2D eigenvalue weighted by Crippen LogP contribution is -2.29. The zero-order chi connectivity index (χ0) is 24.9. The molecule has 1 fully saturated rings. The van der Waals surface area contributed by atoms with Crippen LogP contribution in [-0.2, 0) is 17.6 Å². The molecule has 0 aromatic heterocycles. The molecule has 0 unspecified atom stereocenters. The standard InChI is InChI=1S/C28H27ClN2O3S/c1-4-19-11-7-9-13-22(19)30-28-31(23-14-10-8-12-20(23)5-2)27(33)25(35-28)17-18-15-21(29)26(32)24(16-18)34-6-3/h7-17,32H,4-6H2,1-3H3/b25-17+,30-28?. The summed E-state index contributed by atoms with van der Waals surface area (Å²) >= 11 is 7.55. The number of phenolic OH excluding ortho intramolecular Hbond substituents is 1. The van der Waals surface area contributed by atoms with Gasteiger partial charge in [0.1, 0.15) is 0 Å². The minimum atomic E-state index is -0.161. The fourth-order valence-corrected chi connectivity index (χ4v) is 5.11. The largest absolute Gasteiger partial charge is 0.503 e. The molecular formula is C28H27ClN2O3S. The summed E-state index contributed by atoms with van der Waals surface area (Å²) < 4.78 is 5.51. The summed E-state index contributed by atoms with van der Waals surface area (Å²) in [5.41, 5.74) is 4.50. The normalized spacial score (nSPS) is 15.9. The summed E-state index contributed by atoms with van der Waals surface area (Å²) in [6.07, 6.45) is 3.39. The van der Waals surface area contributed by atoms with Crippen LogP contribution in [0.25, 0.3) is 6.08 Å². The smallest absolute Gasteiger partial charge is 0.271 e. The Balaban J connectivity index is 1.84.